The number of carbonyl (C=O) groups excluding carboxylic acids is 1. The topological polar surface area (TPSA) is 44.8 Å². The summed E-state index contributed by atoms with van der Waals surface area (Å²) in [6, 6.07) is 21.1. The zero-order valence-corrected chi connectivity index (χ0v) is 18.2. The highest BCUT2D eigenvalue weighted by Gasteiger charge is 2.50. The van der Waals surface area contributed by atoms with Gasteiger partial charge in [0.15, 0.2) is 6.10 Å². The largest absolute Gasteiger partial charge is 0.467 e. The third-order valence-corrected chi connectivity index (χ3v) is 10.5. The first-order chi connectivity index (χ1) is 13.4. The summed E-state index contributed by atoms with van der Waals surface area (Å²) in [6.45, 7) is 7.24. The molecule has 5 heteroatoms. The van der Waals surface area contributed by atoms with Crippen molar-refractivity contribution in [3.63, 3.8) is 0 Å². The predicted molar refractivity (Wildman–Crippen MR) is 113 cm³/mol. The van der Waals surface area contributed by atoms with Crippen molar-refractivity contribution in [1.82, 2.24) is 0 Å². The fraction of sp³-hybridized carbons (Fsp3) is 0.435. The summed E-state index contributed by atoms with van der Waals surface area (Å²) in [5.41, 5.74) is 0. The Balaban J connectivity index is 1.92. The Morgan fingerprint density at radius 3 is 2.00 bits per heavy atom. The predicted octanol–water partition coefficient (Wildman–Crippen LogP) is 3.28. The van der Waals surface area contributed by atoms with E-state index in [-0.39, 0.29) is 17.1 Å². The van der Waals surface area contributed by atoms with E-state index in [0.717, 1.165) is 6.42 Å². The second kappa shape index (κ2) is 8.60. The SMILES string of the molecule is COC(=O)[C@H]1CCC(CO[Si](c2ccccc2)(c2ccccc2)C(C)(C)C)O1. The molecule has 2 aromatic rings. The van der Waals surface area contributed by atoms with E-state index in [1.807, 2.05) is 12.1 Å². The van der Waals surface area contributed by atoms with Gasteiger partial charge in [-0.25, -0.2) is 4.79 Å². The van der Waals surface area contributed by atoms with Crippen molar-refractivity contribution in [3.8, 4) is 0 Å². The summed E-state index contributed by atoms with van der Waals surface area (Å²) in [5.74, 6) is -0.298. The molecule has 2 atom stereocenters. The third kappa shape index (κ3) is 4.07. The second-order valence-electron chi connectivity index (χ2n) is 8.32. The quantitative estimate of drug-likeness (QED) is 0.553. The molecule has 0 radical (unpaired) electrons. The smallest absolute Gasteiger partial charge is 0.334 e. The highest BCUT2D eigenvalue weighted by molar-refractivity contribution is 6.99. The highest BCUT2D eigenvalue weighted by Crippen LogP contribution is 2.37. The van der Waals surface area contributed by atoms with Gasteiger partial charge in [-0.3, -0.25) is 0 Å². The molecule has 1 saturated heterocycles. The first-order valence-corrected chi connectivity index (χ1v) is 11.8. The maximum absolute atomic E-state index is 11.8. The van der Waals surface area contributed by atoms with Crippen molar-refractivity contribution in [2.75, 3.05) is 13.7 Å². The van der Waals surface area contributed by atoms with E-state index in [1.54, 1.807) is 0 Å². The number of benzene rings is 2. The molecule has 0 aliphatic carbocycles. The van der Waals surface area contributed by atoms with E-state index in [2.05, 4.69) is 69.3 Å². The first kappa shape index (κ1) is 20.8. The highest BCUT2D eigenvalue weighted by atomic mass is 28.4. The summed E-state index contributed by atoms with van der Waals surface area (Å²) >= 11 is 0. The minimum Gasteiger partial charge on any atom is -0.467 e. The van der Waals surface area contributed by atoms with Crippen LogP contribution in [0.2, 0.25) is 5.04 Å². The molecule has 2 aromatic carbocycles. The van der Waals surface area contributed by atoms with Gasteiger partial charge in [0.05, 0.1) is 19.8 Å². The van der Waals surface area contributed by atoms with Gasteiger partial charge in [0.25, 0.3) is 8.32 Å². The number of esters is 1. The lowest BCUT2D eigenvalue weighted by atomic mass is 10.2. The molecule has 0 bridgehead atoms. The Kier molecular flexibility index (Phi) is 6.38. The van der Waals surface area contributed by atoms with Gasteiger partial charge in [-0.1, -0.05) is 81.4 Å². The van der Waals surface area contributed by atoms with Crippen LogP contribution in [0.5, 0.6) is 0 Å². The zero-order chi connectivity index (χ0) is 20.2. The van der Waals surface area contributed by atoms with Crippen molar-refractivity contribution in [2.24, 2.45) is 0 Å². The Bertz CT molecular complexity index is 731. The first-order valence-electron chi connectivity index (χ1n) is 9.87. The number of rotatable bonds is 6. The maximum Gasteiger partial charge on any atom is 0.334 e. The van der Waals surface area contributed by atoms with Gasteiger partial charge in [-0.05, 0) is 28.3 Å². The number of methoxy groups -OCH3 is 1. The minimum atomic E-state index is -2.57. The average molecular weight is 399 g/mol. The van der Waals surface area contributed by atoms with Crippen molar-refractivity contribution < 1.29 is 18.7 Å². The van der Waals surface area contributed by atoms with Crippen LogP contribution in [0.1, 0.15) is 33.6 Å². The van der Waals surface area contributed by atoms with Crippen LogP contribution in [0.4, 0.5) is 0 Å². The van der Waals surface area contributed by atoms with E-state index in [0.29, 0.717) is 13.0 Å². The number of ether oxygens (including phenoxy) is 2. The molecule has 1 unspecified atom stereocenters. The van der Waals surface area contributed by atoms with E-state index < -0.39 is 14.4 Å². The zero-order valence-electron chi connectivity index (χ0n) is 17.2. The fourth-order valence-corrected chi connectivity index (χ4v) is 8.70. The summed E-state index contributed by atoms with van der Waals surface area (Å²) in [7, 11) is -1.17. The second-order valence-corrected chi connectivity index (χ2v) is 12.6. The molecule has 1 aliphatic rings. The van der Waals surface area contributed by atoms with Crippen LogP contribution < -0.4 is 10.4 Å². The molecule has 4 nitrogen and oxygen atoms in total. The van der Waals surface area contributed by atoms with Crippen LogP contribution in [-0.2, 0) is 18.7 Å². The number of carbonyl (C=O) groups is 1. The molecule has 0 amide bonds. The fourth-order valence-electron chi connectivity index (χ4n) is 4.11. The summed E-state index contributed by atoms with van der Waals surface area (Å²) in [6.07, 6.45) is 0.919. The Labute approximate surface area is 169 Å². The van der Waals surface area contributed by atoms with E-state index in [4.69, 9.17) is 13.9 Å². The molecule has 0 N–H and O–H groups in total. The molecule has 1 aliphatic heterocycles. The summed E-state index contributed by atoms with van der Waals surface area (Å²) < 4.78 is 17.6. The molecular formula is C23H30O4Si. The molecular weight excluding hydrogens is 368 g/mol. The van der Waals surface area contributed by atoms with Crippen LogP contribution in [0.15, 0.2) is 60.7 Å². The lowest BCUT2D eigenvalue weighted by Crippen LogP contribution is -2.67. The van der Waals surface area contributed by atoms with Gasteiger partial charge in [0, 0.05) is 0 Å². The summed E-state index contributed by atoms with van der Waals surface area (Å²) in [5, 5.41) is 2.42. The van der Waals surface area contributed by atoms with Crippen molar-refractivity contribution >= 4 is 24.7 Å². The molecule has 28 heavy (non-hydrogen) atoms. The van der Waals surface area contributed by atoms with Crippen molar-refractivity contribution in [2.45, 2.75) is 50.9 Å². The van der Waals surface area contributed by atoms with Gasteiger partial charge in [0.2, 0.25) is 0 Å². The number of hydrogen-bond acceptors (Lipinski definition) is 4. The third-order valence-electron chi connectivity index (χ3n) is 5.47. The van der Waals surface area contributed by atoms with E-state index >= 15 is 0 Å². The molecule has 150 valence electrons. The van der Waals surface area contributed by atoms with Crippen LogP contribution in [-0.4, -0.2) is 40.2 Å². The molecule has 1 heterocycles. The lowest BCUT2D eigenvalue weighted by molar-refractivity contribution is -0.153. The molecule has 3 rings (SSSR count). The van der Waals surface area contributed by atoms with Gasteiger partial charge < -0.3 is 13.9 Å². The standard InChI is InChI=1S/C23H30O4Si/c1-23(2,3)28(19-11-7-5-8-12-19,20-13-9-6-10-14-20)26-17-18-15-16-21(27-18)22(24)25-4/h5-14,18,21H,15-17H2,1-4H3/t18?,21-/m1/s1. The molecule has 0 aromatic heterocycles. The van der Waals surface area contributed by atoms with Crippen molar-refractivity contribution in [1.29, 1.82) is 0 Å². The number of hydrogen-bond donors (Lipinski definition) is 0. The van der Waals surface area contributed by atoms with E-state index in [9.17, 15) is 4.79 Å². The van der Waals surface area contributed by atoms with Gasteiger partial charge in [-0.2, -0.15) is 0 Å². The van der Waals surface area contributed by atoms with Crippen LogP contribution in [0, 0.1) is 0 Å². The monoisotopic (exact) mass is 398 g/mol. The minimum absolute atomic E-state index is 0.0734. The maximum atomic E-state index is 11.8. The molecule has 1 fully saturated rings. The van der Waals surface area contributed by atoms with Crippen LogP contribution in [0.25, 0.3) is 0 Å². The van der Waals surface area contributed by atoms with Gasteiger partial charge >= 0.3 is 5.97 Å². The molecule has 0 spiro atoms. The Morgan fingerprint density at radius 1 is 1.00 bits per heavy atom. The van der Waals surface area contributed by atoms with Gasteiger partial charge in [-0.15, -0.1) is 0 Å². The van der Waals surface area contributed by atoms with E-state index in [1.165, 1.54) is 17.5 Å². The lowest BCUT2D eigenvalue weighted by Gasteiger charge is -2.43. The summed E-state index contributed by atoms with van der Waals surface area (Å²) in [4.78, 5) is 11.8. The van der Waals surface area contributed by atoms with Gasteiger partial charge in [0.1, 0.15) is 0 Å². The van der Waals surface area contributed by atoms with Crippen molar-refractivity contribution in [3.05, 3.63) is 60.7 Å². The average Bonchev–Trinajstić information content (AvgIpc) is 3.17. The van der Waals surface area contributed by atoms with Crippen LogP contribution >= 0.6 is 0 Å². The van der Waals surface area contributed by atoms with Crippen LogP contribution in [0.3, 0.4) is 0 Å². The Morgan fingerprint density at radius 2 is 1.54 bits per heavy atom. The normalized spacial score (nSPS) is 20.1. The Hall–Kier alpha value is -1.95. The molecule has 0 saturated carbocycles.